The van der Waals surface area contributed by atoms with Gasteiger partial charge in [-0.1, -0.05) is 0 Å². The van der Waals surface area contributed by atoms with Crippen molar-refractivity contribution in [1.82, 2.24) is 19.4 Å². The SMILES string of the molecule is Cc1sc2ncn(CC(=O)N3CCN(C)CC3)c(=O)c2c1C. The fourth-order valence-corrected chi connectivity index (χ4v) is 3.67. The topological polar surface area (TPSA) is 58.4 Å². The van der Waals surface area contributed by atoms with Gasteiger partial charge < -0.3 is 9.80 Å². The lowest BCUT2D eigenvalue weighted by molar-refractivity contribution is -0.133. The van der Waals surface area contributed by atoms with E-state index in [0.29, 0.717) is 5.39 Å². The van der Waals surface area contributed by atoms with Gasteiger partial charge in [-0.15, -0.1) is 11.3 Å². The van der Waals surface area contributed by atoms with Crippen LogP contribution in [0.1, 0.15) is 10.4 Å². The van der Waals surface area contributed by atoms with Crippen LogP contribution >= 0.6 is 11.3 Å². The van der Waals surface area contributed by atoms with E-state index in [1.54, 1.807) is 0 Å². The van der Waals surface area contributed by atoms with Crippen molar-refractivity contribution >= 4 is 27.5 Å². The molecule has 0 spiro atoms. The van der Waals surface area contributed by atoms with Gasteiger partial charge in [0.05, 0.1) is 11.7 Å². The summed E-state index contributed by atoms with van der Waals surface area (Å²) in [6.07, 6.45) is 1.49. The lowest BCUT2D eigenvalue weighted by Crippen LogP contribution is -2.48. The van der Waals surface area contributed by atoms with E-state index in [1.807, 2.05) is 25.8 Å². The highest BCUT2D eigenvalue weighted by Gasteiger charge is 2.20. The van der Waals surface area contributed by atoms with Gasteiger partial charge in [0.1, 0.15) is 11.4 Å². The molecule has 1 amide bonds. The minimum atomic E-state index is -0.116. The van der Waals surface area contributed by atoms with E-state index in [2.05, 4.69) is 9.88 Å². The Labute approximate surface area is 133 Å². The van der Waals surface area contributed by atoms with Crippen molar-refractivity contribution in [1.29, 1.82) is 0 Å². The smallest absolute Gasteiger partial charge is 0.262 e. The summed E-state index contributed by atoms with van der Waals surface area (Å²) >= 11 is 1.52. The number of carbonyl (C=O) groups is 1. The Balaban J connectivity index is 1.85. The second-order valence-electron chi connectivity index (χ2n) is 5.83. The molecule has 0 bridgehead atoms. The predicted molar refractivity (Wildman–Crippen MR) is 87.4 cm³/mol. The highest BCUT2D eigenvalue weighted by molar-refractivity contribution is 7.18. The molecule has 0 atom stereocenters. The number of amides is 1. The van der Waals surface area contributed by atoms with Crippen LogP contribution in [0.3, 0.4) is 0 Å². The molecule has 2 aromatic rings. The molecule has 3 rings (SSSR count). The number of likely N-dealkylation sites (N-methyl/N-ethyl adjacent to an activating group) is 1. The van der Waals surface area contributed by atoms with Crippen LogP contribution in [0.25, 0.3) is 10.2 Å². The number of hydrogen-bond donors (Lipinski definition) is 0. The second kappa shape index (κ2) is 5.81. The van der Waals surface area contributed by atoms with Crippen LogP contribution in [0, 0.1) is 13.8 Å². The van der Waals surface area contributed by atoms with Gasteiger partial charge in [0.15, 0.2) is 0 Å². The molecule has 22 heavy (non-hydrogen) atoms. The quantitative estimate of drug-likeness (QED) is 0.823. The number of piperazine rings is 1. The molecular formula is C15H20N4O2S. The standard InChI is InChI=1S/C15H20N4O2S/c1-10-11(2)22-14-13(10)15(21)19(9-16-14)8-12(20)18-6-4-17(3)5-7-18/h9H,4-8H2,1-3H3. The monoisotopic (exact) mass is 320 g/mol. The summed E-state index contributed by atoms with van der Waals surface area (Å²) in [4.78, 5) is 35.2. The minimum absolute atomic E-state index is 0.0130. The zero-order valence-electron chi connectivity index (χ0n) is 13.1. The summed E-state index contributed by atoms with van der Waals surface area (Å²) in [7, 11) is 2.05. The van der Waals surface area contributed by atoms with E-state index >= 15 is 0 Å². The lowest BCUT2D eigenvalue weighted by Gasteiger charge is -2.32. The van der Waals surface area contributed by atoms with Crippen LogP contribution in [0.15, 0.2) is 11.1 Å². The first-order chi connectivity index (χ1) is 10.5. The third-order valence-electron chi connectivity index (χ3n) is 4.32. The van der Waals surface area contributed by atoms with E-state index in [4.69, 9.17) is 0 Å². The van der Waals surface area contributed by atoms with Crippen LogP contribution in [-0.4, -0.2) is 58.5 Å². The summed E-state index contributed by atoms with van der Waals surface area (Å²) in [6, 6.07) is 0. The van der Waals surface area contributed by atoms with Crippen molar-refractivity contribution in [2.24, 2.45) is 0 Å². The van der Waals surface area contributed by atoms with Crippen LogP contribution in [-0.2, 0) is 11.3 Å². The largest absolute Gasteiger partial charge is 0.339 e. The van der Waals surface area contributed by atoms with Crippen molar-refractivity contribution in [2.75, 3.05) is 33.2 Å². The maximum absolute atomic E-state index is 12.6. The Bertz CT molecular complexity index is 772. The molecule has 1 fully saturated rings. The van der Waals surface area contributed by atoms with Crippen molar-refractivity contribution in [3.63, 3.8) is 0 Å². The Hall–Kier alpha value is -1.73. The van der Waals surface area contributed by atoms with Crippen molar-refractivity contribution in [2.45, 2.75) is 20.4 Å². The average molecular weight is 320 g/mol. The minimum Gasteiger partial charge on any atom is -0.339 e. The normalized spacial score (nSPS) is 16.4. The number of aryl methyl sites for hydroxylation is 2. The fraction of sp³-hybridized carbons (Fsp3) is 0.533. The number of hydrogen-bond acceptors (Lipinski definition) is 5. The van der Waals surface area contributed by atoms with Crippen molar-refractivity contribution in [3.05, 3.63) is 27.1 Å². The zero-order valence-corrected chi connectivity index (χ0v) is 13.9. The Morgan fingerprint density at radius 1 is 1.27 bits per heavy atom. The van der Waals surface area contributed by atoms with Crippen LogP contribution < -0.4 is 5.56 Å². The fourth-order valence-electron chi connectivity index (χ4n) is 2.68. The molecule has 1 saturated heterocycles. The molecule has 0 unspecified atom stereocenters. The summed E-state index contributed by atoms with van der Waals surface area (Å²) in [6.45, 7) is 7.18. The molecule has 0 aliphatic carbocycles. The van der Waals surface area contributed by atoms with Crippen molar-refractivity contribution < 1.29 is 4.79 Å². The molecule has 0 radical (unpaired) electrons. The molecule has 1 aliphatic heterocycles. The van der Waals surface area contributed by atoms with Crippen LogP contribution in [0.5, 0.6) is 0 Å². The number of fused-ring (bicyclic) bond motifs is 1. The Kier molecular flexibility index (Phi) is 4.01. The predicted octanol–water partition coefficient (Wildman–Crippen LogP) is 0.849. The number of rotatable bonds is 2. The number of nitrogens with zero attached hydrogens (tertiary/aromatic N) is 4. The molecule has 1 aliphatic rings. The maximum atomic E-state index is 12.6. The molecule has 2 aromatic heterocycles. The van der Waals surface area contributed by atoms with E-state index in [9.17, 15) is 9.59 Å². The van der Waals surface area contributed by atoms with Crippen LogP contribution in [0.4, 0.5) is 0 Å². The van der Waals surface area contributed by atoms with Crippen LogP contribution in [0.2, 0.25) is 0 Å². The van der Waals surface area contributed by atoms with Gasteiger partial charge in [-0.05, 0) is 26.5 Å². The van der Waals surface area contributed by atoms with Gasteiger partial charge in [-0.25, -0.2) is 4.98 Å². The maximum Gasteiger partial charge on any atom is 0.262 e. The first-order valence-corrected chi connectivity index (χ1v) is 8.20. The third-order valence-corrected chi connectivity index (χ3v) is 5.43. The molecule has 0 aromatic carbocycles. The highest BCUT2D eigenvalue weighted by Crippen LogP contribution is 2.25. The van der Waals surface area contributed by atoms with E-state index in [-0.39, 0.29) is 18.0 Å². The molecule has 0 saturated carbocycles. The summed E-state index contributed by atoms with van der Waals surface area (Å²) in [5.74, 6) is -0.0130. The third kappa shape index (κ3) is 2.66. The number of aromatic nitrogens is 2. The highest BCUT2D eigenvalue weighted by atomic mass is 32.1. The van der Waals surface area contributed by atoms with Gasteiger partial charge >= 0.3 is 0 Å². The lowest BCUT2D eigenvalue weighted by atomic mass is 10.2. The molecular weight excluding hydrogens is 300 g/mol. The number of carbonyl (C=O) groups excluding carboxylic acids is 1. The Morgan fingerprint density at radius 3 is 2.64 bits per heavy atom. The van der Waals surface area contributed by atoms with Crippen molar-refractivity contribution in [3.8, 4) is 0 Å². The molecule has 0 N–H and O–H groups in total. The van der Waals surface area contributed by atoms with Gasteiger partial charge in [0.25, 0.3) is 5.56 Å². The first kappa shape index (κ1) is 15.2. The Morgan fingerprint density at radius 2 is 1.95 bits per heavy atom. The summed E-state index contributed by atoms with van der Waals surface area (Å²) < 4.78 is 1.43. The second-order valence-corrected chi connectivity index (χ2v) is 7.03. The van der Waals surface area contributed by atoms with Gasteiger partial charge in [0.2, 0.25) is 5.91 Å². The van der Waals surface area contributed by atoms with Gasteiger partial charge in [0, 0.05) is 31.1 Å². The van der Waals surface area contributed by atoms with Gasteiger partial charge in [-0.2, -0.15) is 0 Å². The summed E-state index contributed by atoms with van der Waals surface area (Å²) in [5.41, 5.74) is 0.855. The van der Waals surface area contributed by atoms with E-state index in [0.717, 1.165) is 41.5 Å². The molecule has 7 heteroatoms. The average Bonchev–Trinajstić information content (AvgIpc) is 2.78. The number of thiophene rings is 1. The van der Waals surface area contributed by atoms with E-state index < -0.39 is 0 Å². The molecule has 6 nitrogen and oxygen atoms in total. The zero-order chi connectivity index (χ0) is 15.9. The first-order valence-electron chi connectivity index (χ1n) is 7.39. The van der Waals surface area contributed by atoms with E-state index in [1.165, 1.54) is 22.2 Å². The molecule has 118 valence electrons. The molecule has 3 heterocycles. The summed E-state index contributed by atoms with van der Waals surface area (Å²) in [5, 5.41) is 0.649. The van der Waals surface area contributed by atoms with Gasteiger partial charge in [-0.3, -0.25) is 14.2 Å².